The van der Waals surface area contributed by atoms with Crippen LogP contribution >= 0.6 is 0 Å². The van der Waals surface area contributed by atoms with Crippen molar-refractivity contribution in [3.05, 3.63) is 109 Å². The van der Waals surface area contributed by atoms with Crippen LogP contribution < -0.4 is 25.4 Å². The zero-order valence-corrected chi connectivity index (χ0v) is 21.1. The van der Waals surface area contributed by atoms with Crippen molar-refractivity contribution >= 4 is 50.9 Å². The lowest BCUT2D eigenvalue weighted by Gasteiger charge is -2.15. The van der Waals surface area contributed by atoms with Gasteiger partial charge in [0.05, 0.1) is 11.2 Å². The van der Waals surface area contributed by atoms with Gasteiger partial charge in [-0.05, 0) is 66.7 Å². The average molecular weight is 490 g/mol. The van der Waals surface area contributed by atoms with E-state index in [0.29, 0.717) is 5.56 Å². The van der Waals surface area contributed by atoms with Crippen molar-refractivity contribution < 1.29 is 9.36 Å². The van der Waals surface area contributed by atoms with Gasteiger partial charge in [0.15, 0.2) is 12.4 Å². The van der Waals surface area contributed by atoms with Crippen LogP contribution in [0.15, 0.2) is 104 Å². The number of hydrogen-bond acceptors (Lipinski definition) is 5. The standard InChI is InChI=1S/C30H28N6O/c1-35(2)26-11-12-28-27(20-26)29(13-16-31-28)33-22-9-7-21(8-10-22)30(37)34-25-6-4-5-24(19-25)32-23-14-17-36(3)18-15-23/h4-20H,1-3H3,(H2,31,33,34,37)/p+1. The fourth-order valence-electron chi connectivity index (χ4n) is 4.01. The van der Waals surface area contributed by atoms with E-state index in [4.69, 9.17) is 0 Å². The van der Waals surface area contributed by atoms with Gasteiger partial charge < -0.3 is 20.9 Å². The molecular weight excluding hydrogens is 460 g/mol. The van der Waals surface area contributed by atoms with E-state index in [1.165, 1.54) is 0 Å². The minimum absolute atomic E-state index is 0.166. The van der Waals surface area contributed by atoms with Crippen molar-refractivity contribution in [2.24, 2.45) is 7.05 Å². The smallest absolute Gasteiger partial charge is 0.255 e. The van der Waals surface area contributed by atoms with Gasteiger partial charge in [-0.15, -0.1) is 0 Å². The van der Waals surface area contributed by atoms with Gasteiger partial charge >= 0.3 is 0 Å². The summed E-state index contributed by atoms with van der Waals surface area (Å²) in [7, 11) is 6.01. The fourth-order valence-corrected chi connectivity index (χ4v) is 4.01. The van der Waals surface area contributed by atoms with Crippen molar-refractivity contribution in [2.45, 2.75) is 0 Å². The first-order valence-corrected chi connectivity index (χ1v) is 12.0. The number of aryl methyl sites for hydroxylation is 1. The summed E-state index contributed by atoms with van der Waals surface area (Å²) in [6, 6.07) is 27.3. The SMILES string of the molecule is CN(C)c1ccc2nccc(Nc3ccc(C(=O)Nc4cccc(Nc5cc[n+](C)cc5)c4)cc3)c2c1. The third-order valence-electron chi connectivity index (χ3n) is 6.06. The number of nitrogens with zero attached hydrogens (tertiary/aromatic N) is 3. The lowest BCUT2D eigenvalue weighted by Crippen LogP contribution is -2.25. The molecule has 3 N–H and O–H groups in total. The molecule has 5 rings (SSSR count). The number of anilines is 6. The maximum Gasteiger partial charge on any atom is 0.255 e. The predicted octanol–water partition coefficient (Wildman–Crippen LogP) is 5.86. The van der Waals surface area contributed by atoms with Gasteiger partial charge in [0.25, 0.3) is 5.91 Å². The third-order valence-corrected chi connectivity index (χ3v) is 6.06. The van der Waals surface area contributed by atoms with Crippen LogP contribution in [0, 0.1) is 0 Å². The molecular formula is C30H29N6O+. The summed E-state index contributed by atoms with van der Waals surface area (Å²) in [6.45, 7) is 0. The zero-order chi connectivity index (χ0) is 25.8. The first-order chi connectivity index (χ1) is 17.9. The number of aromatic nitrogens is 2. The van der Waals surface area contributed by atoms with Crippen molar-refractivity contribution in [3.63, 3.8) is 0 Å². The first-order valence-electron chi connectivity index (χ1n) is 12.0. The van der Waals surface area contributed by atoms with Crippen molar-refractivity contribution in [1.29, 1.82) is 0 Å². The van der Waals surface area contributed by atoms with Gasteiger partial charge in [-0.3, -0.25) is 9.78 Å². The number of rotatable bonds is 7. The summed E-state index contributed by atoms with van der Waals surface area (Å²) >= 11 is 0. The Morgan fingerprint density at radius 1 is 0.784 bits per heavy atom. The van der Waals surface area contributed by atoms with Crippen LogP contribution in [0.2, 0.25) is 0 Å². The quantitative estimate of drug-likeness (QED) is 0.250. The van der Waals surface area contributed by atoms with Crippen molar-refractivity contribution in [2.75, 3.05) is 34.9 Å². The van der Waals surface area contributed by atoms with E-state index in [9.17, 15) is 4.79 Å². The molecule has 0 unspecified atom stereocenters. The van der Waals surface area contributed by atoms with Gasteiger partial charge in [-0.25, -0.2) is 4.57 Å². The number of pyridine rings is 2. The molecule has 184 valence electrons. The molecule has 0 aliphatic rings. The minimum Gasteiger partial charge on any atom is -0.378 e. The molecule has 0 fully saturated rings. The number of fused-ring (bicyclic) bond motifs is 1. The Hall–Kier alpha value is -4.91. The van der Waals surface area contributed by atoms with Gasteiger partial charge in [-0.2, -0.15) is 0 Å². The second kappa shape index (κ2) is 10.4. The molecule has 0 atom stereocenters. The van der Waals surface area contributed by atoms with Gasteiger partial charge in [-0.1, -0.05) is 6.07 Å². The molecule has 0 saturated heterocycles. The molecule has 0 bridgehead atoms. The molecule has 5 aromatic rings. The highest BCUT2D eigenvalue weighted by molar-refractivity contribution is 6.04. The van der Waals surface area contributed by atoms with Crippen LogP contribution in [0.4, 0.5) is 34.1 Å². The monoisotopic (exact) mass is 489 g/mol. The molecule has 0 saturated carbocycles. The van der Waals surface area contributed by atoms with E-state index in [1.54, 1.807) is 6.20 Å². The molecule has 3 aromatic carbocycles. The molecule has 37 heavy (non-hydrogen) atoms. The third kappa shape index (κ3) is 5.67. The molecule has 2 heterocycles. The Labute approximate surface area is 216 Å². The summed E-state index contributed by atoms with van der Waals surface area (Å²) in [6.07, 6.45) is 5.75. The molecule has 0 aliphatic carbocycles. The van der Waals surface area contributed by atoms with E-state index in [-0.39, 0.29) is 5.91 Å². The highest BCUT2D eigenvalue weighted by atomic mass is 16.1. The number of hydrogen-bond donors (Lipinski definition) is 3. The second-order valence-corrected chi connectivity index (χ2v) is 9.07. The molecule has 2 aromatic heterocycles. The number of carbonyl (C=O) groups is 1. The molecule has 0 aliphatic heterocycles. The highest BCUT2D eigenvalue weighted by Gasteiger charge is 2.09. The minimum atomic E-state index is -0.166. The van der Waals surface area contributed by atoms with Crippen LogP contribution in [0.5, 0.6) is 0 Å². The lowest BCUT2D eigenvalue weighted by molar-refractivity contribution is -0.671. The zero-order valence-electron chi connectivity index (χ0n) is 21.1. The average Bonchev–Trinajstić information content (AvgIpc) is 2.90. The van der Waals surface area contributed by atoms with Crippen LogP contribution in [0.3, 0.4) is 0 Å². The second-order valence-electron chi connectivity index (χ2n) is 9.07. The summed E-state index contributed by atoms with van der Waals surface area (Å²) < 4.78 is 1.98. The van der Waals surface area contributed by atoms with E-state index in [1.807, 2.05) is 111 Å². The topological polar surface area (TPSA) is 73.2 Å². The van der Waals surface area contributed by atoms with Crippen molar-refractivity contribution in [1.82, 2.24) is 4.98 Å². The molecule has 0 spiro atoms. The number of nitrogens with one attached hydrogen (secondary N) is 3. The van der Waals surface area contributed by atoms with Crippen LogP contribution in [0.1, 0.15) is 10.4 Å². The Balaban J connectivity index is 1.27. The number of benzene rings is 3. The van der Waals surface area contributed by atoms with Gasteiger partial charge in [0.1, 0.15) is 7.05 Å². The molecule has 1 amide bonds. The van der Waals surface area contributed by atoms with Crippen LogP contribution in [-0.2, 0) is 7.05 Å². The largest absolute Gasteiger partial charge is 0.378 e. The van der Waals surface area contributed by atoms with Crippen LogP contribution in [0.25, 0.3) is 10.9 Å². The Morgan fingerprint density at radius 2 is 1.51 bits per heavy atom. The Bertz CT molecular complexity index is 1550. The predicted molar refractivity (Wildman–Crippen MR) is 151 cm³/mol. The highest BCUT2D eigenvalue weighted by Crippen LogP contribution is 2.28. The summed E-state index contributed by atoms with van der Waals surface area (Å²) in [5.41, 5.74) is 7.05. The summed E-state index contributed by atoms with van der Waals surface area (Å²) in [5.74, 6) is -0.166. The maximum absolute atomic E-state index is 12.9. The van der Waals surface area contributed by atoms with Crippen LogP contribution in [-0.4, -0.2) is 25.0 Å². The fraction of sp³-hybridized carbons (Fsp3) is 0.100. The maximum atomic E-state index is 12.9. The number of amides is 1. The van der Waals surface area contributed by atoms with Crippen molar-refractivity contribution in [3.8, 4) is 0 Å². The number of carbonyl (C=O) groups excluding carboxylic acids is 1. The lowest BCUT2D eigenvalue weighted by atomic mass is 10.1. The first kappa shape index (κ1) is 23.8. The summed E-state index contributed by atoms with van der Waals surface area (Å²) in [4.78, 5) is 19.4. The van der Waals surface area contributed by atoms with Gasteiger partial charge in [0.2, 0.25) is 0 Å². The normalized spacial score (nSPS) is 10.7. The Morgan fingerprint density at radius 3 is 2.27 bits per heavy atom. The van der Waals surface area contributed by atoms with E-state index < -0.39 is 0 Å². The molecule has 0 radical (unpaired) electrons. The Kier molecular flexibility index (Phi) is 6.68. The molecule has 7 nitrogen and oxygen atoms in total. The van der Waals surface area contributed by atoms with E-state index >= 15 is 0 Å². The van der Waals surface area contributed by atoms with E-state index in [2.05, 4.69) is 38.0 Å². The van der Waals surface area contributed by atoms with Gasteiger partial charge in [0, 0.05) is 71.8 Å². The summed E-state index contributed by atoms with van der Waals surface area (Å²) in [5, 5.41) is 10.8. The molecule has 7 heteroatoms. The van der Waals surface area contributed by atoms with E-state index in [0.717, 1.165) is 45.0 Å².